The first kappa shape index (κ1) is 61.8. The molecule has 438 valence electrons. The standard InChI is InChI=1S/2C22H22N4.2C15H10N.2Ir/c2*1-3-9-21(10-4-1)25-17-15-23(19-25)13-7-8-14-24-16-18-26(20-24)22-11-5-2-6-12-22;1-2-6-12(7-3-1)15-10-13-8-4-5-9-14(13)11-16-15;1-2-6-12(7-3-1)15-11-10-13-8-4-5-9-14(13)16-15;;/h2*1-6,9,11,15-20H,7-8,13-14H2;2*1-6,8-11H;;/q2*-4;2*-1;;. The Morgan fingerprint density at radius 2 is 0.663 bits per heavy atom. The minimum atomic E-state index is 0. The van der Waals surface area contributed by atoms with E-state index in [0.717, 1.165) is 103 Å². The summed E-state index contributed by atoms with van der Waals surface area (Å²) in [6, 6.07) is 89.9. The van der Waals surface area contributed by atoms with E-state index in [1.54, 1.807) is 0 Å². The average Bonchev–Trinajstić information content (AvgIpc) is 4.14. The number of unbranched alkanes of at least 4 members (excludes halogenated alkanes) is 2. The molecule has 0 bridgehead atoms. The molecular weight excluding hydrogens is 1410 g/mol. The first-order valence-electron chi connectivity index (χ1n) is 28.4. The zero-order valence-electron chi connectivity index (χ0n) is 47.5. The van der Waals surface area contributed by atoms with Gasteiger partial charge in [-0.15, -0.1) is 94.5 Å². The van der Waals surface area contributed by atoms with Gasteiger partial charge in [-0.2, -0.15) is 148 Å². The van der Waals surface area contributed by atoms with Crippen LogP contribution in [0.2, 0.25) is 0 Å². The summed E-state index contributed by atoms with van der Waals surface area (Å²) in [5, 5.41) is 3.55. The van der Waals surface area contributed by atoms with Gasteiger partial charge in [-0.1, -0.05) is 60.7 Å². The van der Waals surface area contributed by atoms with E-state index in [2.05, 4.69) is 216 Å². The van der Waals surface area contributed by atoms with Crippen molar-refractivity contribution in [3.05, 3.63) is 331 Å². The number of pyridine rings is 2. The maximum Gasteiger partial charge on any atom is 0.0595 e. The fraction of sp³-hybridized carbons (Fsp3) is 0.108. The van der Waals surface area contributed by atoms with E-state index in [1.807, 2.05) is 164 Å². The zero-order chi connectivity index (χ0) is 56.8. The summed E-state index contributed by atoms with van der Waals surface area (Å²) in [7, 11) is 0. The SMILES string of the molecule is [Ir].[Ir].[c-]1ccccc1-c1cc2ccccc2cn1.[c-]1ccccc1-c1ccc2ccccc2n1.[c-]1ccccc1N1C=CN(CCCCN2C=CN(c3[c-]cccc3)[CH-]2)[CH-]1.[c-]1ccccc1N1C=CN(CCCCN2C=CN(c3[c-]cccc3)[CH-]2)[CH-]1. The molecule has 0 aliphatic carbocycles. The zero-order valence-corrected chi connectivity index (χ0v) is 52.3. The number of benzene rings is 8. The molecule has 10 nitrogen and oxygen atoms in total. The average molecular weight is 1480 g/mol. The van der Waals surface area contributed by atoms with Gasteiger partial charge < -0.3 is 44.2 Å². The molecule has 0 amide bonds. The molecule has 0 unspecified atom stereocenters. The second-order valence-corrected chi connectivity index (χ2v) is 20.0. The van der Waals surface area contributed by atoms with E-state index in [1.165, 1.54) is 16.2 Å². The normalized spacial score (nSPS) is 13.7. The Hall–Kier alpha value is -8.76. The van der Waals surface area contributed by atoms with Crippen molar-refractivity contribution in [2.45, 2.75) is 25.7 Å². The molecule has 0 saturated heterocycles. The second kappa shape index (κ2) is 32.5. The van der Waals surface area contributed by atoms with Crippen molar-refractivity contribution < 1.29 is 40.2 Å². The molecule has 0 N–H and O–H groups in total. The summed E-state index contributed by atoms with van der Waals surface area (Å²) in [5.74, 6) is 0. The van der Waals surface area contributed by atoms with E-state index in [0.29, 0.717) is 0 Å². The van der Waals surface area contributed by atoms with Crippen LogP contribution in [0.25, 0.3) is 44.2 Å². The third-order valence-electron chi connectivity index (χ3n) is 14.0. The molecule has 0 atom stereocenters. The number of hydrogen-bond acceptors (Lipinski definition) is 10. The van der Waals surface area contributed by atoms with Crippen molar-refractivity contribution in [1.29, 1.82) is 0 Å². The van der Waals surface area contributed by atoms with Crippen molar-refractivity contribution in [2.75, 3.05) is 45.8 Å². The fourth-order valence-electron chi connectivity index (χ4n) is 9.58. The number of nitrogens with zero attached hydrogens (tertiary/aromatic N) is 10. The Morgan fingerprint density at radius 1 is 0.314 bits per heavy atom. The van der Waals surface area contributed by atoms with Crippen molar-refractivity contribution in [3.63, 3.8) is 0 Å². The quantitative estimate of drug-likeness (QED) is 0.0691. The Kier molecular flexibility index (Phi) is 23.3. The number of anilines is 4. The Labute approximate surface area is 535 Å². The first-order chi connectivity index (χ1) is 41.6. The van der Waals surface area contributed by atoms with Crippen LogP contribution in [-0.2, 0) is 40.2 Å². The van der Waals surface area contributed by atoms with Crippen LogP contribution in [0.15, 0.2) is 268 Å². The van der Waals surface area contributed by atoms with Crippen LogP contribution in [0.4, 0.5) is 22.7 Å². The fourth-order valence-corrected chi connectivity index (χ4v) is 9.58. The summed E-state index contributed by atoms with van der Waals surface area (Å²) in [4.78, 5) is 26.4. The van der Waals surface area contributed by atoms with Crippen LogP contribution < -0.4 is 19.6 Å². The van der Waals surface area contributed by atoms with E-state index in [4.69, 9.17) is 0 Å². The van der Waals surface area contributed by atoms with E-state index < -0.39 is 0 Å². The molecule has 4 aliphatic heterocycles. The summed E-state index contributed by atoms with van der Waals surface area (Å²) >= 11 is 0. The summed E-state index contributed by atoms with van der Waals surface area (Å²) in [6.07, 6.45) is 23.3. The number of aromatic nitrogens is 2. The smallest absolute Gasteiger partial charge is 0.0595 e. The van der Waals surface area contributed by atoms with Crippen LogP contribution in [0.5, 0.6) is 0 Å². The Bertz CT molecular complexity index is 3330. The van der Waals surface area contributed by atoms with Crippen LogP contribution in [0, 0.1) is 63.1 Å². The first-order valence-corrected chi connectivity index (χ1v) is 28.4. The molecule has 86 heavy (non-hydrogen) atoms. The van der Waals surface area contributed by atoms with E-state index in [9.17, 15) is 0 Å². The predicted octanol–water partition coefficient (Wildman–Crippen LogP) is 15.8. The van der Waals surface area contributed by atoms with Gasteiger partial charge in [0.25, 0.3) is 0 Å². The van der Waals surface area contributed by atoms with Gasteiger partial charge in [0.1, 0.15) is 0 Å². The molecule has 2 radical (unpaired) electrons. The monoisotopic (exact) mass is 1480 g/mol. The molecular formula is C74H64Ir2N10-10. The molecule has 4 aliphatic rings. The molecule has 10 aromatic rings. The molecule has 6 heterocycles. The minimum Gasteiger partial charge on any atom is -0.508 e. The van der Waals surface area contributed by atoms with Crippen molar-refractivity contribution in [3.8, 4) is 22.5 Å². The number of para-hydroxylation sites is 5. The Morgan fingerprint density at radius 3 is 1.05 bits per heavy atom. The second-order valence-electron chi connectivity index (χ2n) is 20.0. The van der Waals surface area contributed by atoms with E-state index >= 15 is 0 Å². The number of fused-ring (bicyclic) bond motifs is 2. The maximum absolute atomic E-state index is 4.61. The third-order valence-corrected chi connectivity index (χ3v) is 14.0. The van der Waals surface area contributed by atoms with Gasteiger partial charge >= 0.3 is 0 Å². The third kappa shape index (κ3) is 17.7. The molecule has 8 aromatic carbocycles. The van der Waals surface area contributed by atoms with Gasteiger partial charge in [0.05, 0.1) is 5.52 Å². The van der Waals surface area contributed by atoms with Crippen molar-refractivity contribution >= 4 is 44.4 Å². The molecule has 12 heteroatoms. The van der Waals surface area contributed by atoms with Crippen LogP contribution in [-0.4, -0.2) is 55.7 Å². The van der Waals surface area contributed by atoms with Gasteiger partial charge in [-0.3, -0.25) is 4.98 Å². The van der Waals surface area contributed by atoms with Gasteiger partial charge in [0, 0.05) is 46.4 Å². The summed E-state index contributed by atoms with van der Waals surface area (Å²) in [5.41, 5.74) is 9.32. The molecule has 0 saturated carbocycles. The largest absolute Gasteiger partial charge is 0.508 e. The minimum absolute atomic E-state index is 0. The molecule has 0 fully saturated rings. The maximum atomic E-state index is 4.61. The van der Waals surface area contributed by atoms with Gasteiger partial charge in [-0.25, -0.2) is 0 Å². The number of rotatable bonds is 16. The van der Waals surface area contributed by atoms with Crippen molar-refractivity contribution in [2.24, 2.45) is 0 Å². The summed E-state index contributed by atoms with van der Waals surface area (Å²) in [6.45, 7) is 12.6. The van der Waals surface area contributed by atoms with Crippen LogP contribution in [0.1, 0.15) is 25.7 Å². The Balaban J connectivity index is 0.000000139. The number of hydrogen-bond donors (Lipinski definition) is 0. The van der Waals surface area contributed by atoms with E-state index in [-0.39, 0.29) is 40.2 Å². The van der Waals surface area contributed by atoms with Gasteiger partial charge in [0.15, 0.2) is 0 Å². The van der Waals surface area contributed by atoms with Crippen molar-refractivity contribution in [1.82, 2.24) is 29.6 Å². The van der Waals surface area contributed by atoms with Gasteiger partial charge in [-0.05, 0) is 135 Å². The molecule has 0 spiro atoms. The van der Waals surface area contributed by atoms with Gasteiger partial charge in [0.2, 0.25) is 0 Å². The van der Waals surface area contributed by atoms with Crippen LogP contribution in [0.3, 0.4) is 0 Å². The topological polar surface area (TPSA) is 51.7 Å². The summed E-state index contributed by atoms with van der Waals surface area (Å²) < 4.78 is 0. The predicted molar refractivity (Wildman–Crippen MR) is 342 cm³/mol. The molecule has 2 aromatic heterocycles. The van der Waals surface area contributed by atoms with Crippen LogP contribution >= 0.6 is 0 Å². The molecule has 14 rings (SSSR count).